The van der Waals surface area contributed by atoms with Crippen LogP contribution in [-0.2, 0) is 6.42 Å². The van der Waals surface area contributed by atoms with Gasteiger partial charge in [-0.3, -0.25) is 4.90 Å². The van der Waals surface area contributed by atoms with Crippen molar-refractivity contribution in [2.45, 2.75) is 26.3 Å². The Morgan fingerprint density at radius 2 is 1.83 bits per heavy atom. The van der Waals surface area contributed by atoms with Crippen molar-refractivity contribution in [1.82, 2.24) is 9.80 Å². The molecular weight excluding hydrogens is 222 g/mol. The number of rotatable bonds is 4. The summed E-state index contributed by atoms with van der Waals surface area (Å²) in [6.45, 7) is 10.5. The van der Waals surface area contributed by atoms with Crippen molar-refractivity contribution in [3.63, 3.8) is 0 Å². The first kappa shape index (κ1) is 13.4. The second-order valence-corrected chi connectivity index (χ2v) is 5.22. The van der Waals surface area contributed by atoms with Gasteiger partial charge in [0.25, 0.3) is 0 Å². The van der Waals surface area contributed by atoms with E-state index in [9.17, 15) is 0 Å². The number of nitrogens with zero attached hydrogens (tertiary/aromatic N) is 2. The highest BCUT2D eigenvalue weighted by molar-refractivity contribution is 5.46. The summed E-state index contributed by atoms with van der Waals surface area (Å²) < 4.78 is 0. The van der Waals surface area contributed by atoms with Crippen molar-refractivity contribution in [2.24, 2.45) is 0 Å². The molecule has 18 heavy (non-hydrogen) atoms. The number of benzene rings is 1. The Kier molecular flexibility index (Phi) is 4.61. The number of likely N-dealkylation sites (N-methyl/N-ethyl adjacent to an activating group) is 1. The Bertz CT molecular complexity index is 370. The number of hydrogen-bond donors (Lipinski definition) is 1. The molecular formula is C15H25N3. The predicted molar refractivity (Wildman–Crippen MR) is 77.7 cm³/mol. The topological polar surface area (TPSA) is 32.5 Å². The first-order valence-electron chi connectivity index (χ1n) is 7.00. The average molecular weight is 247 g/mol. The van der Waals surface area contributed by atoms with E-state index in [0.717, 1.165) is 12.1 Å². The molecule has 1 fully saturated rings. The van der Waals surface area contributed by atoms with E-state index < -0.39 is 0 Å². The van der Waals surface area contributed by atoms with Gasteiger partial charge in [0.15, 0.2) is 0 Å². The minimum atomic E-state index is 0.578. The van der Waals surface area contributed by atoms with Gasteiger partial charge >= 0.3 is 0 Å². The Morgan fingerprint density at radius 3 is 2.44 bits per heavy atom. The summed E-state index contributed by atoms with van der Waals surface area (Å²) in [7, 11) is 0. The number of nitrogen functional groups attached to an aromatic ring is 1. The lowest BCUT2D eigenvalue weighted by atomic mass is 10.0. The van der Waals surface area contributed by atoms with E-state index in [2.05, 4.69) is 35.8 Å². The Labute approximate surface area is 111 Å². The number of para-hydroxylation sites is 1. The van der Waals surface area contributed by atoms with Gasteiger partial charge < -0.3 is 10.6 Å². The van der Waals surface area contributed by atoms with Crippen molar-refractivity contribution in [3.8, 4) is 0 Å². The molecule has 1 atom stereocenters. The normalized spacial score (nSPS) is 19.9. The molecule has 0 spiro atoms. The number of anilines is 1. The van der Waals surface area contributed by atoms with Crippen LogP contribution in [0.15, 0.2) is 24.3 Å². The van der Waals surface area contributed by atoms with E-state index in [1.54, 1.807) is 0 Å². The molecule has 0 saturated carbocycles. The first-order valence-corrected chi connectivity index (χ1v) is 7.00. The van der Waals surface area contributed by atoms with Crippen LogP contribution in [0.4, 0.5) is 5.69 Å². The highest BCUT2D eigenvalue weighted by Gasteiger charge is 2.20. The van der Waals surface area contributed by atoms with E-state index in [4.69, 9.17) is 5.73 Å². The molecule has 2 N–H and O–H groups in total. The lowest BCUT2D eigenvalue weighted by molar-refractivity contribution is 0.106. The lowest BCUT2D eigenvalue weighted by Gasteiger charge is -2.37. The molecule has 1 saturated heterocycles. The number of hydrogen-bond acceptors (Lipinski definition) is 3. The summed E-state index contributed by atoms with van der Waals surface area (Å²) in [4.78, 5) is 5.10. The minimum Gasteiger partial charge on any atom is -0.399 e. The maximum absolute atomic E-state index is 6.02. The van der Waals surface area contributed by atoms with E-state index in [1.165, 1.54) is 38.3 Å². The second kappa shape index (κ2) is 6.21. The zero-order valence-electron chi connectivity index (χ0n) is 11.6. The molecule has 1 aliphatic heterocycles. The van der Waals surface area contributed by atoms with Crippen LogP contribution in [0.25, 0.3) is 0 Å². The van der Waals surface area contributed by atoms with E-state index in [1.807, 2.05) is 12.1 Å². The van der Waals surface area contributed by atoms with Crippen LogP contribution in [0.5, 0.6) is 0 Å². The van der Waals surface area contributed by atoms with Crippen LogP contribution in [0.1, 0.15) is 19.4 Å². The van der Waals surface area contributed by atoms with Gasteiger partial charge in [0.2, 0.25) is 0 Å². The SMILES string of the molecule is CCN1CCN(C(C)Cc2ccccc2N)CC1. The molecule has 0 amide bonds. The van der Waals surface area contributed by atoms with Crippen LogP contribution >= 0.6 is 0 Å². The third-order valence-corrected chi connectivity index (χ3v) is 4.05. The Balaban J connectivity index is 1.89. The molecule has 1 aliphatic rings. The fourth-order valence-electron chi connectivity index (χ4n) is 2.69. The van der Waals surface area contributed by atoms with E-state index in [-0.39, 0.29) is 0 Å². The minimum absolute atomic E-state index is 0.578. The number of nitrogens with two attached hydrogens (primary N) is 1. The monoisotopic (exact) mass is 247 g/mol. The molecule has 1 heterocycles. The summed E-state index contributed by atoms with van der Waals surface area (Å²) in [5.41, 5.74) is 8.22. The zero-order chi connectivity index (χ0) is 13.0. The van der Waals surface area contributed by atoms with Crippen molar-refractivity contribution < 1.29 is 0 Å². The third-order valence-electron chi connectivity index (χ3n) is 4.05. The van der Waals surface area contributed by atoms with Crippen molar-refractivity contribution in [1.29, 1.82) is 0 Å². The second-order valence-electron chi connectivity index (χ2n) is 5.22. The molecule has 0 aromatic heterocycles. The van der Waals surface area contributed by atoms with Crippen molar-refractivity contribution in [2.75, 3.05) is 38.5 Å². The van der Waals surface area contributed by atoms with Gasteiger partial charge in [0, 0.05) is 37.9 Å². The molecule has 2 rings (SSSR count). The lowest BCUT2D eigenvalue weighted by Crippen LogP contribution is -2.49. The maximum Gasteiger partial charge on any atom is 0.0347 e. The van der Waals surface area contributed by atoms with Crippen molar-refractivity contribution >= 4 is 5.69 Å². The van der Waals surface area contributed by atoms with Crippen LogP contribution in [0.3, 0.4) is 0 Å². The molecule has 100 valence electrons. The molecule has 1 aromatic rings. The highest BCUT2D eigenvalue weighted by Crippen LogP contribution is 2.16. The van der Waals surface area contributed by atoms with Crippen LogP contribution in [0.2, 0.25) is 0 Å². The largest absolute Gasteiger partial charge is 0.399 e. The van der Waals surface area contributed by atoms with Crippen LogP contribution in [-0.4, -0.2) is 48.6 Å². The summed E-state index contributed by atoms with van der Waals surface area (Å²) >= 11 is 0. The molecule has 1 aromatic carbocycles. The van der Waals surface area contributed by atoms with Gasteiger partial charge in [-0.15, -0.1) is 0 Å². The van der Waals surface area contributed by atoms with Crippen LogP contribution in [0, 0.1) is 0 Å². The van der Waals surface area contributed by atoms with Crippen LogP contribution < -0.4 is 5.73 Å². The zero-order valence-corrected chi connectivity index (χ0v) is 11.6. The van der Waals surface area contributed by atoms with Gasteiger partial charge in [-0.25, -0.2) is 0 Å². The van der Waals surface area contributed by atoms with Gasteiger partial charge in [0.05, 0.1) is 0 Å². The Morgan fingerprint density at radius 1 is 1.17 bits per heavy atom. The quantitative estimate of drug-likeness (QED) is 0.824. The third kappa shape index (κ3) is 3.24. The molecule has 1 unspecified atom stereocenters. The average Bonchev–Trinajstić information content (AvgIpc) is 2.41. The Hall–Kier alpha value is -1.06. The van der Waals surface area contributed by atoms with Gasteiger partial charge in [-0.2, -0.15) is 0 Å². The van der Waals surface area contributed by atoms with Gasteiger partial charge in [0.1, 0.15) is 0 Å². The standard InChI is InChI=1S/C15H25N3/c1-3-17-8-10-18(11-9-17)13(2)12-14-6-4-5-7-15(14)16/h4-7,13H,3,8-12,16H2,1-2H3. The van der Waals surface area contributed by atoms with E-state index >= 15 is 0 Å². The molecule has 3 heteroatoms. The van der Waals surface area contributed by atoms with Gasteiger partial charge in [-0.05, 0) is 31.5 Å². The molecule has 3 nitrogen and oxygen atoms in total. The maximum atomic E-state index is 6.02. The summed E-state index contributed by atoms with van der Waals surface area (Å²) in [5, 5.41) is 0. The van der Waals surface area contributed by atoms with E-state index in [0.29, 0.717) is 6.04 Å². The first-order chi connectivity index (χ1) is 8.70. The summed E-state index contributed by atoms with van der Waals surface area (Å²) in [6.07, 6.45) is 1.05. The van der Waals surface area contributed by atoms with Gasteiger partial charge in [-0.1, -0.05) is 25.1 Å². The number of piperazine rings is 1. The van der Waals surface area contributed by atoms with Crippen molar-refractivity contribution in [3.05, 3.63) is 29.8 Å². The summed E-state index contributed by atoms with van der Waals surface area (Å²) in [5.74, 6) is 0. The summed E-state index contributed by atoms with van der Waals surface area (Å²) in [6, 6.07) is 8.80. The smallest absolute Gasteiger partial charge is 0.0347 e. The fraction of sp³-hybridized carbons (Fsp3) is 0.600. The molecule has 0 aliphatic carbocycles. The fourth-order valence-corrected chi connectivity index (χ4v) is 2.69. The predicted octanol–water partition coefficient (Wildman–Crippen LogP) is 1.84. The highest BCUT2D eigenvalue weighted by atomic mass is 15.3. The molecule has 0 bridgehead atoms. The molecule has 0 radical (unpaired) electrons.